The van der Waals surface area contributed by atoms with Gasteiger partial charge < -0.3 is 20.5 Å². The highest BCUT2D eigenvalue weighted by molar-refractivity contribution is 6.59. The van der Waals surface area contributed by atoms with Crippen molar-refractivity contribution >= 4 is 24.8 Å². The van der Waals surface area contributed by atoms with Crippen LogP contribution >= 0.6 is 0 Å². The highest BCUT2D eigenvalue weighted by Crippen LogP contribution is 2.21. The summed E-state index contributed by atoms with van der Waals surface area (Å²) in [6.07, 6.45) is -3.92. The molecular weight excluding hydrogens is 282 g/mol. The van der Waals surface area contributed by atoms with Gasteiger partial charge in [0.25, 0.3) is 0 Å². The lowest BCUT2D eigenvalue weighted by atomic mass is 9.79. The van der Waals surface area contributed by atoms with Crippen molar-refractivity contribution in [2.45, 2.75) is 6.36 Å². The van der Waals surface area contributed by atoms with E-state index in [-0.39, 0.29) is 5.56 Å². The number of carbonyl (C=O) groups is 1. The van der Waals surface area contributed by atoms with E-state index in [0.29, 0.717) is 0 Å². The van der Waals surface area contributed by atoms with Crippen LogP contribution in [0.5, 0.6) is 5.75 Å². The predicted octanol–water partition coefficient (Wildman–Crippen LogP) is -0.733. The van der Waals surface area contributed by atoms with Gasteiger partial charge >= 0.3 is 19.5 Å². The van der Waals surface area contributed by atoms with Gasteiger partial charge in [-0.1, -0.05) is 0 Å². The predicted molar refractivity (Wildman–Crippen MR) is 63.3 cm³/mol. The molecule has 0 fully saturated rings. The van der Waals surface area contributed by atoms with Crippen molar-refractivity contribution in [1.82, 2.24) is 5.43 Å². The lowest BCUT2D eigenvalue weighted by molar-refractivity contribution is -0.274. The molecule has 11 heteroatoms. The second-order valence-electron chi connectivity index (χ2n) is 3.45. The standard InChI is InChI=1S/C9H9BF3N3O4/c11-9(12,13)20-7-2-1-5(3-6(7)10(18)19)4-15-16-8(14)17/h1-4,18-19H,(H3,14,16,17). The fraction of sp³-hybridized carbons (Fsp3) is 0.111. The second kappa shape index (κ2) is 6.26. The van der Waals surface area contributed by atoms with Crippen LogP contribution in [0.4, 0.5) is 18.0 Å². The van der Waals surface area contributed by atoms with Crippen LogP contribution < -0.4 is 21.4 Å². The number of hydrogen-bond donors (Lipinski definition) is 4. The Balaban J connectivity index is 3.01. The maximum Gasteiger partial charge on any atom is 0.573 e. The van der Waals surface area contributed by atoms with Crippen molar-refractivity contribution in [3.05, 3.63) is 23.8 Å². The molecule has 0 atom stereocenters. The summed E-state index contributed by atoms with van der Waals surface area (Å²) < 4.78 is 39.9. The van der Waals surface area contributed by atoms with Crippen molar-refractivity contribution in [1.29, 1.82) is 0 Å². The minimum atomic E-state index is -4.97. The Bertz CT molecular complexity index is 522. The summed E-state index contributed by atoms with van der Waals surface area (Å²) in [5.74, 6) is -0.757. The number of ether oxygens (including phenoxy) is 1. The van der Waals surface area contributed by atoms with E-state index in [1.165, 1.54) is 6.07 Å². The number of benzene rings is 1. The summed E-state index contributed by atoms with van der Waals surface area (Å²) in [6.45, 7) is 0. The Morgan fingerprint density at radius 3 is 2.60 bits per heavy atom. The highest BCUT2D eigenvalue weighted by atomic mass is 19.4. The second-order valence-corrected chi connectivity index (χ2v) is 3.45. The summed E-state index contributed by atoms with van der Waals surface area (Å²) in [5.41, 5.74) is 6.29. The molecule has 7 nitrogen and oxygen atoms in total. The molecule has 0 radical (unpaired) electrons. The van der Waals surface area contributed by atoms with Crippen LogP contribution in [0, 0.1) is 0 Å². The lowest BCUT2D eigenvalue weighted by Gasteiger charge is -2.13. The molecule has 0 aliphatic heterocycles. The molecule has 1 rings (SSSR count). The monoisotopic (exact) mass is 291 g/mol. The number of hydrogen-bond acceptors (Lipinski definition) is 5. The van der Waals surface area contributed by atoms with Gasteiger partial charge in [-0.25, -0.2) is 10.2 Å². The largest absolute Gasteiger partial charge is 0.573 e. The molecular formula is C9H9BF3N3O4. The summed E-state index contributed by atoms with van der Waals surface area (Å²) in [5, 5.41) is 21.4. The molecule has 2 amide bonds. The molecule has 5 N–H and O–H groups in total. The van der Waals surface area contributed by atoms with Crippen LogP contribution in [0.3, 0.4) is 0 Å². The molecule has 20 heavy (non-hydrogen) atoms. The van der Waals surface area contributed by atoms with E-state index >= 15 is 0 Å². The van der Waals surface area contributed by atoms with Crippen molar-refractivity contribution in [2.75, 3.05) is 0 Å². The van der Waals surface area contributed by atoms with E-state index in [9.17, 15) is 18.0 Å². The molecule has 0 spiro atoms. The molecule has 108 valence electrons. The fourth-order valence-corrected chi connectivity index (χ4v) is 1.24. The normalized spacial score (nSPS) is 11.4. The molecule has 0 saturated carbocycles. The molecule has 0 aliphatic rings. The first-order valence-electron chi connectivity index (χ1n) is 5.03. The zero-order valence-electron chi connectivity index (χ0n) is 9.76. The average Bonchev–Trinajstić information content (AvgIpc) is 2.28. The number of primary amides is 1. The molecule has 0 aromatic heterocycles. The van der Waals surface area contributed by atoms with Crippen LogP contribution in [-0.4, -0.2) is 35.8 Å². The minimum Gasteiger partial charge on any atom is -0.423 e. The highest BCUT2D eigenvalue weighted by Gasteiger charge is 2.33. The number of alkyl halides is 3. The molecule has 0 heterocycles. The van der Waals surface area contributed by atoms with Crippen LogP contribution in [0.2, 0.25) is 0 Å². The smallest absolute Gasteiger partial charge is 0.423 e. The van der Waals surface area contributed by atoms with Crippen LogP contribution in [0.15, 0.2) is 23.3 Å². The number of rotatable bonds is 4. The van der Waals surface area contributed by atoms with E-state index < -0.39 is 30.7 Å². The van der Waals surface area contributed by atoms with E-state index in [0.717, 1.165) is 18.3 Å². The topological polar surface area (TPSA) is 117 Å². The third-order valence-electron chi connectivity index (χ3n) is 1.93. The van der Waals surface area contributed by atoms with E-state index in [1.54, 1.807) is 0 Å². The first-order valence-corrected chi connectivity index (χ1v) is 5.03. The maximum absolute atomic E-state index is 12.1. The Morgan fingerprint density at radius 1 is 1.45 bits per heavy atom. The number of halogens is 3. The van der Waals surface area contributed by atoms with Crippen molar-refractivity contribution < 1.29 is 32.8 Å². The zero-order chi connectivity index (χ0) is 15.3. The fourth-order valence-electron chi connectivity index (χ4n) is 1.24. The summed E-state index contributed by atoms with van der Waals surface area (Å²) in [7, 11) is -2.18. The Labute approximate surface area is 111 Å². The van der Waals surface area contributed by atoms with Gasteiger partial charge in [0.2, 0.25) is 0 Å². The number of amides is 2. The van der Waals surface area contributed by atoms with Gasteiger partial charge in [0.05, 0.1) is 6.21 Å². The van der Waals surface area contributed by atoms with E-state index in [4.69, 9.17) is 15.8 Å². The molecule has 0 unspecified atom stereocenters. The van der Waals surface area contributed by atoms with Crippen molar-refractivity contribution in [3.8, 4) is 5.75 Å². The van der Waals surface area contributed by atoms with E-state index in [1.807, 2.05) is 5.43 Å². The number of nitrogens with two attached hydrogens (primary N) is 1. The molecule has 1 aromatic carbocycles. The summed E-state index contributed by atoms with van der Waals surface area (Å²) in [4.78, 5) is 10.3. The van der Waals surface area contributed by atoms with Gasteiger partial charge in [-0.15, -0.1) is 13.2 Å². The number of hydrazone groups is 1. The maximum atomic E-state index is 12.1. The van der Waals surface area contributed by atoms with Crippen LogP contribution in [0.1, 0.15) is 5.56 Å². The van der Waals surface area contributed by atoms with Gasteiger partial charge in [-0.2, -0.15) is 5.10 Å². The number of urea groups is 1. The molecule has 0 bridgehead atoms. The van der Waals surface area contributed by atoms with Gasteiger partial charge in [0.1, 0.15) is 5.75 Å². The summed E-state index contributed by atoms with van der Waals surface area (Å²) >= 11 is 0. The summed E-state index contributed by atoms with van der Waals surface area (Å²) in [6, 6.07) is 2.12. The first-order chi connectivity index (χ1) is 9.19. The molecule has 0 saturated heterocycles. The Morgan fingerprint density at radius 2 is 2.10 bits per heavy atom. The third kappa shape index (κ3) is 5.16. The molecule has 0 aliphatic carbocycles. The Hall–Kier alpha value is -2.27. The van der Waals surface area contributed by atoms with Gasteiger partial charge in [0, 0.05) is 5.46 Å². The van der Waals surface area contributed by atoms with Crippen LogP contribution in [-0.2, 0) is 0 Å². The van der Waals surface area contributed by atoms with Gasteiger partial charge in [0.15, 0.2) is 0 Å². The minimum absolute atomic E-state index is 0.191. The third-order valence-corrected chi connectivity index (χ3v) is 1.93. The van der Waals surface area contributed by atoms with Gasteiger partial charge in [-0.3, -0.25) is 0 Å². The quantitative estimate of drug-likeness (QED) is 0.332. The molecule has 1 aromatic rings. The van der Waals surface area contributed by atoms with Crippen molar-refractivity contribution in [3.63, 3.8) is 0 Å². The Kier molecular flexibility index (Phi) is 4.94. The lowest BCUT2D eigenvalue weighted by Crippen LogP contribution is -2.34. The van der Waals surface area contributed by atoms with Gasteiger partial charge in [-0.05, 0) is 23.8 Å². The first kappa shape index (κ1) is 15.8. The average molecular weight is 291 g/mol. The van der Waals surface area contributed by atoms with Crippen LogP contribution in [0.25, 0.3) is 0 Å². The number of nitrogens with zero attached hydrogens (tertiary/aromatic N) is 1. The number of carbonyl (C=O) groups excluding carboxylic acids is 1. The SMILES string of the molecule is NC(=O)NN=Cc1ccc(OC(F)(F)F)c(B(O)O)c1. The van der Waals surface area contributed by atoms with Crippen molar-refractivity contribution in [2.24, 2.45) is 10.8 Å². The van der Waals surface area contributed by atoms with E-state index in [2.05, 4.69) is 9.84 Å². The number of nitrogens with one attached hydrogen (secondary N) is 1. The zero-order valence-corrected chi connectivity index (χ0v) is 9.76.